The summed E-state index contributed by atoms with van der Waals surface area (Å²) < 4.78 is 1.90. The summed E-state index contributed by atoms with van der Waals surface area (Å²) in [6.45, 7) is 6.51. The Balaban J connectivity index is 1.82. The smallest absolute Gasteiger partial charge is 0.225 e. The fraction of sp³-hybridized carbons (Fsp3) is 0.500. The lowest BCUT2D eigenvalue weighted by Gasteiger charge is -2.17. The van der Waals surface area contributed by atoms with Gasteiger partial charge in [-0.05, 0) is 44.2 Å². The van der Waals surface area contributed by atoms with Crippen LogP contribution in [0.15, 0.2) is 36.7 Å². The Bertz CT molecular complexity index is 606. The van der Waals surface area contributed by atoms with Gasteiger partial charge in [-0.25, -0.2) is 4.68 Å². The highest BCUT2D eigenvalue weighted by atomic mass is 16.1. The van der Waals surface area contributed by atoms with Crippen LogP contribution in [0.25, 0.3) is 0 Å². The van der Waals surface area contributed by atoms with Crippen LogP contribution in [0.3, 0.4) is 0 Å². The van der Waals surface area contributed by atoms with Crippen molar-refractivity contribution in [3.05, 3.63) is 42.4 Å². The number of hydrogen-bond donors (Lipinski definition) is 1. The maximum Gasteiger partial charge on any atom is 0.225 e. The predicted octanol–water partition coefficient (Wildman–Crippen LogP) is 3.85. The summed E-state index contributed by atoms with van der Waals surface area (Å²) in [5.74, 6) is 1.40. The molecule has 124 valence electrons. The normalized spacial score (nSPS) is 12.3. The molecule has 1 atom stereocenters. The summed E-state index contributed by atoms with van der Waals surface area (Å²) in [4.78, 5) is 16.4. The average Bonchev–Trinajstić information content (AvgIpc) is 2.96. The summed E-state index contributed by atoms with van der Waals surface area (Å²) in [6.07, 6.45) is 6.64. The summed E-state index contributed by atoms with van der Waals surface area (Å²) in [5, 5.41) is 7.31. The fourth-order valence-corrected chi connectivity index (χ4v) is 2.73. The molecule has 0 radical (unpaired) electrons. The molecule has 0 saturated heterocycles. The second-order valence-corrected chi connectivity index (χ2v) is 6.36. The zero-order chi connectivity index (χ0) is 16.7. The number of amides is 1. The van der Waals surface area contributed by atoms with Crippen molar-refractivity contribution in [2.75, 3.05) is 5.32 Å². The van der Waals surface area contributed by atoms with Gasteiger partial charge in [-0.15, -0.1) is 0 Å². The second-order valence-electron chi connectivity index (χ2n) is 6.36. The second kappa shape index (κ2) is 8.46. The van der Waals surface area contributed by atoms with Gasteiger partial charge in [0, 0.05) is 24.4 Å². The highest BCUT2D eigenvalue weighted by Crippen LogP contribution is 2.20. The van der Waals surface area contributed by atoms with Crippen LogP contribution >= 0.6 is 0 Å². The summed E-state index contributed by atoms with van der Waals surface area (Å²) >= 11 is 0. The first kappa shape index (κ1) is 17.2. The van der Waals surface area contributed by atoms with Gasteiger partial charge in [0.15, 0.2) is 0 Å². The van der Waals surface area contributed by atoms with Crippen molar-refractivity contribution in [3.63, 3.8) is 0 Å². The SMILES string of the molecule is CC(C)C[C@@H](C)n1nccc1NC(=O)CCCc1ccccn1. The molecule has 0 aromatic carbocycles. The van der Waals surface area contributed by atoms with Crippen molar-refractivity contribution >= 4 is 11.7 Å². The first-order valence-corrected chi connectivity index (χ1v) is 8.29. The Kier molecular flexibility index (Phi) is 6.32. The number of aromatic nitrogens is 3. The van der Waals surface area contributed by atoms with Crippen LogP contribution in [0.1, 0.15) is 51.8 Å². The van der Waals surface area contributed by atoms with Crippen LogP contribution in [0.4, 0.5) is 5.82 Å². The molecular formula is C18H26N4O. The Labute approximate surface area is 138 Å². The highest BCUT2D eigenvalue weighted by Gasteiger charge is 2.13. The van der Waals surface area contributed by atoms with Gasteiger partial charge in [-0.2, -0.15) is 5.10 Å². The van der Waals surface area contributed by atoms with Gasteiger partial charge in [0.25, 0.3) is 0 Å². The van der Waals surface area contributed by atoms with Crippen LogP contribution in [0.5, 0.6) is 0 Å². The third-order valence-electron chi connectivity index (χ3n) is 3.73. The standard InChI is InChI=1S/C18H26N4O/c1-14(2)13-15(3)22-17(10-12-20-22)21-18(23)9-6-8-16-7-4-5-11-19-16/h4-5,7,10-12,14-15H,6,8-9,13H2,1-3H3,(H,21,23)/t15-/m1/s1. The number of nitrogens with one attached hydrogen (secondary N) is 1. The Morgan fingerprint density at radius 2 is 2.04 bits per heavy atom. The van der Waals surface area contributed by atoms with Gasteiger partial charge >= 0.3 is 0 Å². The van der Waals surface area contributed by atoms with Crippen molar-refractivity contribution in [3.8, 4) is 0 Å². The number of nitrogens with zero attached hydrogens (tertiary/aromatic N) is 3. The van der Waals surface area contributed by atoms with Gasteiger partial charge < -0.3 is 5.32 Å². The maximum absolute atomic E-state index is 12.1. The monoisotopic (exact) mass is 314 g/mol. The van der Waals surface area contributed by atoms with Crippen molar-refractivity contribution < 1.29 is 4.79 Å². The molecule has 2 rings (SSSR count). The topological polar surface area (TPSA) is 59.8 Å². The van der Waals surface area contributed by atoms with Crippen LogP contribution in [0.2, 0.25) is 0 Å². The van der Waals surface area contributed by atoms with Crippen molar-refractivity contribution in [1.82, 2.24) is 14.8 Å². The molecule has 2 aromatic rings. The zero-order valence-electron chi connectivity index (χ0n) is 14.2. The van der Waals surface area contributed by atoms with Crippen LogP contribution in [-0.2, 0) is 11.2 Å². The quantitative estimate of drug-likeness (QED) is 0.805. The summed E-state index contributed by atoms with van der Waals surface area (Å²) in [7, 11) is 0. The van der Waals surface area contributed by atoms with Crippen LogP contribution in [0, 0.1) is 5.92 Å². The van der Waals surface area contributed by atoms with E-state index in [1.54, 1.807) is 12.4 Å². The van der Waals surface area contributed by atoms with Gasteiger partial charge in [-0.1, -0.05) is 19.9 Å². The van der Waals surface area contributed by atoms with E-state index < -0.39 is 0 Å². The highest BCUT2D eigenvalue weighted by molar-refractivity contribution is 5.89. The van der Waals surface area contributed by atoms with Crippen LogP contribution < -0.4 is 5.32 Å². The maximum atomic E-state index is 12.1. The van der Waals surface area contributed by atoms with Gasteiger partial charge in [0.1, 0.15) is 5.82 Å². The van der Waals surface area contributed by atoms with Gasteiger partial charge in [-0.3, -0.25) is 9.78 Å². The number of rotatable bonds is 8. The van der Waals surface area contributed by atoms with E-state index in [1.807, 2.05) is 28.9 Å². The number of hydrogen-bond acceptors (Lipinski definition) is 3. The Morgan fingerprint density at radius 1 is 1.22 bits per heavy atom. The van der Waals surface area contributed by atoms with Crippen molar-refractivity contribution in [2.24, 2.45) is 5.92 Å². The molecule has 5 heteroatoms. The van der Waals surface area contributed by atoms with Gasteiger partial charge in [0.05, 0.1) is 12.2 Å². The van der Waals surface area contributed by atoms with E-state index in [2.05, 4.69) is 36.2 Å². The zero-order valence-corrected chi connectivity index (χ0v) is 14.2. The van der Waals surface area contributed by atoms with Crippen LogP contribution in [-0.4, -0.2) is 20.7 Å². The number of carbonyl (C=O) groups is 1. The Hall–Kier alpha value is -2.17. The molecule has 0 aliphatic heterocycles. The molecule has 0 aliphatic rings. The van der Waals surface area contributed by atoms with Gasteiger partial charge in [0.2, 0.25) is 5.91 Å². The van der Waals surface area contributed by atoms with E-state index in [4.69, 9.17) is 0 Å². The lowest BCUT2D eigenvalue weighted by molar-refractivity contribution is -0.116. The molecule has 0 aliphatic carbocycles. The molecule has 1 amide bonds. The molecule has 0 saturated carbocycles. The fourth-order valence-electron chi connectivity index (χ4n) is 2.73. The van der Waals surface area contributed by atoms with E-state index >= 15 is 0 Å². The minimum Gasteiger partial charge on any atom is -0.311 e. The molecule has 2 heterocycles. The number of carbonyl (C=O) groups excluding carboxylic acids is 1. The van der Waals surface area contributed by atoms with E-state index in [9.17, 15) is 4.79 Å². The molecular weight excluding hydrogens is 288 g/mol. The third kappa shape index (κ3) is 5.51. The predicted molar refractivity (Wildman–Crippen MR) is 92.2 cm³/mol. The Morgan fingerprint density at radius 3 is 2.74 bits per heavy atom. The molecule has 2 aromatic heterocycles. The lowest BCUT2D eigenvalue weighted by atomic mass is 10.1. The van der Waals surface area contributed by atoms with Crippen molar-refractivity contribution in [1.29, 1.82) is 0 Å². The molecule has 5 nitrogen and oxygen atoms in total. The number of anilines is 1. The summed E-state index contributed by atoms with van der Waals surface area (Å²) in [5.41, 5.74) is 1.02. The lowest BCUT2D eigenvalue weighted by Crippen LogP contribution is -2.18. The van der Waals surface area contributed by atoms with E-state index in [0.29, 0.717) is 12.3 Å². The average molecular weight is 314 g/mol. The molecule has 23 heavy (non-hydrogen) atoms. The molecule has 0 fully saturated rings. The summed E-state index contributed by atoms with van der Waals surface area (Å²) in [6, 6.07) is 7.98. The largest absolute Gasteiger partial charge is 0.311 e. The molecule has 1 N–H and O–H groups in total. The number of pyridine rings is 1. The molecule has 0 bridgehead atoms. The first-order valence-electron chi connectivity index (χ1n) is 8.29. The number of aryl methyl sites for hydroxylation is 1. The first-order chi connectivity index (χ1) is 11.1. The van der Waals surface area contributed by atoms with E-state index in [0.717, 1.165) is 30.8 Å². The van der Waals surface area contributed by atoms with E-state index in [-0.39, 0.29) is 11.9 Å². The van der Waals surface area contributed by atoms with Crippen molar-refractivity contribution in [2.45, 2.75) is 52.5 Å². The minimum atomic E-state index is 0.0272. The minimum absolute atomic E-state index is 0.0272. The van der Waals surface area contributed by atoms with E-state index in [1.165, 1.54) is 0 Å². The molecule has 0 unspecified atom stereocenters. The molecule has 0 spiro atoms. The third-order valence-corrected chi connectivity index (χ3v) is 3.73.